The highest BCUT2D eigenvalue weighted by Crippen LogP contribution is 2.34. The van der Waals surface area contributed by atoms with Crippen LogP contribution in [0.25, 0.3) is 0 Å². The van der Waals surface area contributed by atoms with Crippen molar-refractivity contribution >= 4 is 11.6 Å². The number of unbranched alkanes of at least 4 members (excludes halogenated alkanes) is 1. The quantitative estimate of drug-likeness (QED) is 0.663. The Morgan fingerprint density at radius 3 is 2.78 bits per heavy atom. The summed E-state index contributed by atoms with van der Waals surface area (Å²) >= 11 is 0. The molecule has 0 saturated carbocycles. The lowest BCUT2D eigenvalue weighted by molar-refractivity contribution is 0.102. The van der Waals surface area contributed by atoms with E-state index in [-0.39, 0.29) is 12.7 Å². The molecule has 0 aliphatic carbocycles. The molecule has 1 N–H and O–H groups in total. The molecule has 0 unspecified atom stereocenters. The molecule has 1 heterocycles. The number of anilines is 1. The van der Waals surface area contributed by atoms with Gasteiger partial charge in [-0.15, -0.1) is 0 Å². The molecule has 2 aromatic rings. The van der Waals surface area contributed by atoms with Crippen LogP contribution in [0.15, 0.2) is 36.4 Å². The van der Waals surface area contributed by atoms with Crippen molar-refractivity contribution in [3.8, 4) is 17.2 Å². The SMILES string of the molecule is CCCCOCc1cc(C(=O)Nc2ccc3c(c2)OCO3)ccc1OCC. The predicted molar refractivity (Wildman–Crippen MR) is 103 cm³/mol. The van der Waals surface area contributed by atoms with E-state index in [1.54, 1.807) is 24.3 Å². The number of rotatable bonds is 9. The van der Waals surface area contributed by atoms with Crippen LogP contribution in [0.2, 0.25) is 0 Å². The van der Waals surface area contributed by atoms with E-state index >= 15 is 0 Å². The van der Waals surface area contributed by atoms with Gasteiger partial charge in [0.2, 0.25) is 6.79 Å². The van der Waals surface area contributed by atoms with Gasteiger partial charge in [-0.05, 0) is 43.7 Å². The molecule has 0 radical (unpaired) electrons. The molecule has 0 aromatic heterocycles. The highest BCUT2D eigenvalue weighted by molar-refractivity contribution is 6.04. The standard InChI is InChI=1S/C21H25NO5/c1-3-5-10-24-13-16-11-15(6-8-18(16)25-4-2)21(23)22-17-7-9-19-20(12-17)27-14-26-19/h6-9,11-12H,3-5,10,13-14H2,1-2H3,(H,22,23). The zero-order valence-corrected chi connectivity index (χ0v) is 15.7. The zero-order valence-electron chi connectivity index (χ0n) is 15.7. The van der Waals surface area contributed by atoms with E-state index in [1.807, 2.05) is 19.1 Å². The Morgan fingerprint density at radius 1 is 1.11 bits per heavy atom. The Balaban J connectivity index is 1.71. The molecular weight excluding hydrogens is 346 g/mol. The highest BCUT2D eigenvalue weighted by atomic mass is 16.7. The Kier molecular flexibility index (Phi) is 6.54. The third-order valence-electron chi connectivity index (χ3n) is 4.15. The van der Waals surface area contributed by atoms with Crippen LogP contribution < -0.4 is 19.5 Å². The fraction of sp³-hybridized carbons (Fsp3) is 0.381. The van der Waals surface area contributed by atoms with Gasteiger partial charge in [0.25, 0.3) is 5.91 Å². The van der Waals surface area contributed by atoms with Crippen LogP contribution in [0.4, 0.5) is 5.69 Å². The van der Waals surface area contributed by atoms with Crippen molar-refractivity contribution in [1.29, 1.82) is 0 Å². The molecule has 1 aliphatic heterocycles. The zero-order chi connectivity index (χ0) is 19.1. The Hall–Kier alpha value is -2.73. The molecule has 0 bridgehead atoms. The van der Waals surface area contributed by atoms with Crippen LogP contribution in [0.1, 0.15) is 42.6 Å². The van der Waals surface area contributed by atoms with Gasteiger partial charge in [0.05, 0.1) is 13.2 Å². The molecule has 1 aliphatic rings. The number of amides is 1. The van der Waals surface area contributed by atoms with E-state index in [1.165, 1.54) is 0 Å². The van der Waals surface area contributed by atoms with Crippen molar-refractivity contribution in [1.82, 2.24) is 0 Å². The molecule has 27 heavy (non-hydrogen) atoms. The summed E-state index contributed by atoms with van der Waals surface area (Å²) in [6, 6.07) is 10.7. The van der Waals surface area contributed by atoms with E-state index < -0.39 is 0 Å². The predicted octanol–water partition coefficient (Wildman–Crippen LogP) is 4.38. The lowest BCUT2D eigenvalue weighted by Gasteiger charge is -2.13. The minimum atomic E-state index is -0.202. The number of ether oxygens (including phenoxy) is 4. The van der Waals surface area contributed by atoms with Gasteiger partial charge in [0.1, 0.15) is 5.75 Å². The third-order valence-corrected chi connectivity index (χ3v) is 4.15. The van der Waals surface area contributed by atoms with E-state index in [0.717, 1.165) is 24.2 Å². The van der Waals surface area contributed by atoms with Gasteiger partial charge >= 0.3 is 0 Å². The second-order valence-corrected chi connectivity index (χ2v) is 6.18. The third kappa shape index (κ3) is 4.92. The molecule has 0 atom stereocenters. The summed E-state index contributed by atoms with van der Waals surface area (Å²) in [5.41, 5.74) is 2.07. The number of benzene rings is 2. The molecule has 6 nitrogen and oxygen atoms in total. The first-order valence-corrected chi connectivity index (χ1v) is 9.25. The van der Waals surface area contributed by atoms with Crippen LogP contribution in [-0.2, 0) is 11.3 Å². The smallest absolute Gasteiger partial charge is 0.255 e. The number of carbonyl (C=O) groups is 1. The molecular formula is C21H25NO5. The fourth-order valence-corrected chi connectivity index (χ4v) is 2.74. The lowest BCUT2D eigenvalue weighted by Crippen LogP contribution is -2.13. The fourth-order valence-electron chi connectivity index (χ4n) is 2.74. The molecule has 6 heteroatoms. The Labute approximate surface area is 159 Å². The summed E-state index contributed by atoms with van der Waals surface area (Å²) in [6.45, 7) is 5.92. The average Bonchev–Trinajstić information content (AvgIpc) is 3.14. The van der Waals surface area contributed by atoms with Gasteiger partial charge in [-0.2, -0.15) is 0 Å². The first-order valence-electron chi connectivity index (χ1n) is 9.25. The van der Waals surface area contributed by atoms with E-state index in [0.29, 0.717) is 42.6 Å². The number of fused-ring (bicyclic) bond motifs is 1. The molecule has 2 aromatic carbocycles. The van der Waals surface area contributed by atoms with Gasteiger partial charge in [-0.1, -0.05) is 13.3 Å². The summed E-state index contributed by atoms with van der Waals surface area (Å²) in [6.07, 6.45) is 2.09. The van der Waals surface area contributed by atoms with Gasteiger partial charge in [-0.3, -0.25) is 4.79 Å². The monoisotopic (exact) mass is 371 g/mol. The minimum Gasteiger partial charge on any atom is -0.494 e. The topological polar surface area (TPSA) is 66.0 Å². The normalized spacial score (nSPS) is 12.1. The largest absolute Gasteiger partial charge is 0.494 e. The lowest BCUT2D eigenvalue weighted by atomic mass is 10.1. The second kappa shape index (κ2) is 9.28. The number of nitrogens with one attached hydrogen (secondary N) is 1. The Morgan fingerprint density at radius 2 is 1.96 bits per heavy atom. The van der Waals surface area contributed by atoms with Crippen molar-refractivity contribution < 1.29 is 23.7 Å². The van der Waals surface area contributed by atoms with Gasteiger partial charge in [-0.25, -0.2) is 0 Å². The summed E-state index contributed by atoms with van der Waals surface area (Å²) in [5.74, 6) is 1.85. The summed E-state index contributed by atoms with van der Waals surface area (Å²) < 4.78 is 22.0. The average molecular weight is 371 g/mol. The molecule has 0 saturated heterocycles. The van der Waals surface area contributed by atoms with E-state index in [4.69, 9.17) is 18.9 Å². The highest BCUT2D eigenvalue weighted by Gasteiger charge is 2.15. The van der Waals surface area contributed by atoms with Crippen LogP contribution in [0.3, 0.4) is 0 Å². The molecule has 3 rings (SSSR count). The molecule has 0 fully saturated rings. The molecule has 144 valence electrons. The number of hydrogen-bond acceptors (Lipinski definition) is 5. The maximum atomic E-state index is 12.6. The van der Waals surface area contributed by atoms with E-state index in [9.17, 15) is 4.79 Å². The number of carbonyl (C=O) groups excluding carboxylic acids is 1. The van der Waals surface area contributed by atoms with Crippen molar-refractivity contribution in [2.45, 2.75) is 33.3 Å². The van der Waals surface area contributed by atoms with Gasteiger partial charge < -0.3 is 24.3 Å². The van der Waals surface area contributed by atoms with Crippen molar-refractivity contribution in [3.05, 3.63) is 47.5 Å². The van der Waals surface area contributed by atoms with Gasteiger partial charge in [0.15, 0.2) is 11.5 Å². The van der Waals surface area contributed by atoms with Gasteiger partial charge in [0, 0.05) is 29.5 Å². The van der Waals surface area contributed by atoms with Crippen LogP contribution in [0, 0.1) is 0 Å². The second-order valence-electron chi connectivity index (χ2n) is 6.18. The van der Waals surface area contributed by atoms with E-state index in [2.05, 4.69) is 12.2 Å². The maximum Gasteiger partial charge on any atom is 0.255 e. The van der Waals surface area contributed by atoms with Crippen LogP contribution in [-0.4, -0.2) is 25.9 Å². The van der Waals surface area contributed by atoms with Crippen molar-refractivity contribution in [2.75, 3.05) is 25.3 Å². The first kappa shape index (κ1) is 19.0. The van der Waals surface area contributed by atoms with Crippen LogP contribution in [0.5, 0.6) is 17.2 Å². The van der Waals surface area contributed by atoms with Crippen LogP contribution >= 0.6 is 0 Å². The first-order chi connectivity index (χ1) is 13.2. The summed E-state index contributed by atoms with van der Waals surface area (Å²) in [4.78, 5) is 12.6. The van der Waals surface area contributed by atoms with Crippen molar-refractivity contribution in [3.63, 3.8) is 0 Å². The minimum absolute atomic E-state index is 0.201. The molecule has 1 amide bonds. The van der Waals surface area contributed by atoms with Crippen molar-refractivity contribution in [2.24, 2.45) is 0 Å². The summed E-state index contributed by atoms with van der Waals surface area (Å²) in [5, 5.41) is 2.89. The maximum absolute atomic E-state index is 12.6. The molecule has 0 spiro atoms. The number of hydrogen-bond donors (Lipinski definition) is 1. The summed E-state index contributed by atoms with van der Waals surface area (Å²) in [7, 11) is 0. The Bertz CT molecular complexity index is 790.